The highest BCUT2D eigenvalue weighted by Crippen LogP contribution is 2.29. The van der Waals surface area contributed by atoms with E-state index in [0.717, 1.165) is 10.3 Å². The van der Waals surface area contributed by atoms with Crippen molar-refractivity contribution in [3.8, 4) is 0 Å². The maximum atomic E-state index is 5.32. The first-order valence-electron chi connectivity index (χ1n) is 6.60. The van der Waals surface area contributed by atoms with Crippen LogP contribution in [0.1, 0.15) is 22.9 Å². The Morgan fingerprint density at radius 1 is 0.905 bits per heavy atom. The summed E-state index contributed by atoms with van der Waals surface area (Å²) in [6, 6.07) is 20.6. The van der Waals surface area contributed by atoms with E-state index in [0.29, 0.717) is 4.64 Å². The lowest BCUT2D eigenvalue weighted by Crippen LogP contribution is -2.08. The summed E-state index contributed by atoms with van der Waals surface area (Å²) in [7, 11) is 0. The third-order valence-electron chi connectivity index (χ3n) is 3.31. The number of aromatic nitrogens is 2. The zero-order valence-corrected chi connectivity index (χ0v) is 13.6. The van der Waals surface area contributed by atoms with Crippen LogP contribution in [-0.4, -0.2) is 9.97 Å². The molecular weight excluding hydrogens is 344 g/mol. The van der Waals surface area contributed by atoms with Crippen LogP contribution in [0.25, 0.3) is 0 Å². The van der Waals surface area contributed by atoms with Gasteiger partial charge in [0.05, 0.1) is 10.4 Å². The Bertz CT molecular complexity index is 745. The molecule has 3 rings (SSSR count). The molecule has 0 radical (unpaired) electrons. The molecule has 0 saturated heterocycles. The molecule has 0 aliphatic carbocycles. The van der Waals surface area contributed by atoms with E-state index in [1.54, 1.807) is 6.20 Å². The second kappa shape index (κ2) is 6.33. The number of H-pyrrole nitrogens is 1. The second-order valence-electron chi connectivity index (χ2n) is 4.70. The maximum absolute atomic E-state index is 5.32. The number of hydrogen-bond acceptors (Lipinski definition) is 2. The van der Waals surface area contributed by atoms with Crippen LogP contribution in [-0.2, 0) is 0 Å². The zero-order chi connectivity index (χ0) is 14.7. The molecule has 0 aliphatic heterocycles. The molecular formula is C17H13BrN2S. The SMILES string of the molecule is S=c1[nH]c(C(c2ccccc2)c2ccccc2)ncc1Br. The van der Waals surface area contributed by atoms with Crippen molar-refractivity contribution in [3.63, 3.8) is 0 Å². The fraction of sp³-hybridized carbons (Fsp3) is 0.0588. The Hall–Kier alpha value is -1.78. The van der Waals surface area contributed by atoms with Crippen LogP contribution in [0, 0.1) is 4.64 Å². The van der Waals surface area contributed by atoms with Crippen molar-refractivity contribution in [2.75, 3.05) is 0 Å². The number of halogens is 1. The quantitative estimate of drug-likeness (QED) is 0.662. The van der Waals surface area contributed by atoms with Crippen molar-refractivity contribution in [1.82, 2.24) is 9.97 Å². The van der Waals surface area contributed by atoms with Crippen LogP contribution < -0.4 is 0 Å². The van der Waals surface area contributed by atoms with Crippen molar-refractivity contribution >= 4 is 28.1 Å². The smallest absolute Gasteiger partial charge is 0.120 e. The average molecular weight is 357 g/mol. The first kappa shape index (κ1) is 14.2. The summed E-state index contributed by atoms with van der Waals surface area (Å²) < 4.78 is 1.47. The standard InChI is InChI=1S/C17H13BrN2S/c18-14-11-19-16(20-17(14)21)15(12-7-3-1-4-8-12)13-9-5-2-6-10-13/h1-11,15H,(H,19,20,21). The summed E-state index contributed by atoms with van der Waals surface area (Å²) in [5.41, 5.74) is 2.37. The summed E-state index contributed by atoms with van der Waals surface area (Å²) in [4.78, 5) is 7.75. The van der Waals surface area contributed by atoms with Crippen LogP contribution in [0.5, 0.6) is 0 Å². The van der Waals surface area contributed by atoms with Gasteiger partial charge in [0.25, 0.3) is 0 Å². The van der Waals surface area contributed by atoms with Gasteiger partial charge in [0.15, 0.2) is 0 Å². The molecule has 1 N–H and O–H groups in total. The molecule has 104 valence electrons. The van der Waals surface area contributed by atoms with E-state index < -0.39 is 0 Å². The van der Waals surface area contributed by atoms with Gasteiger partial charge >= 0.3 is 0 Å². The lowest BCUT2D eigenvalue weighted by molar-refractivity contribution is 0.846. The van der Waals surface area contributed by atoms with Gasteiger partial charge in [0, 0.05) is 6.20 Å². The number of benzene rings is 2. The highest BCUT2D eigenvalue weighted by atomic mass is 79.9. The Balaban J connectivity index is 2.17. The van der Waals surface area contributed by atoms with E-state index >= 15 is 0 Å². The van der Waals surface area contributed by atoms with E-state index in [4.69, 9.17) is 12.2 Å². The molecule has 0 fully saturated rings. The minimum atomic E-state index is 0.0437. The number of hydrogen-bond donors (Lipinski definition) is 1. The molecule has 0 unspecified atom stereocenters. The molecule has 21 heavy (non-hydrogen) atoms. The molecule has 2 nitrogen and oxygen atoms in total. The first-order valence-corrected chi connectivity index (χ1v) is 7.80. The van der Waals surface area contributed by atoms with Crippen molar-refractivity contribution in [1.29, 1.82) is 0 Å². The van der Waals surface area contributed by atoms with Gasteiger partial charge in [-0.3, -0.25) is 0 Å². The van der Waals surface area contributed by atoms with E-state index in [9.17, 15) is 0 Å². The molecule has 1 aromatic heterocycles. The van der Waals surface area contributed by atoms with Gasteiger partial charge in [-0.05, 0) is 27.1 Å². The molecule has 3 aromatic rings. The Kier molecular flexibility index (Phi) is 4.27. The van der Waals surface area contributed by atoms with Crippen LogP contribution in [0.15, 0.2) is 71.3 Å². The highest BCUT2D eigenvalue weighted by Gasteiger charge is 2.18. The monoisotopic (exact) mass is 356 g/mol. The van der Waals surface area contributed by atoms with E-state index in [1.165, 1.54) is 11.1 Å². The van der Waals surface area contributed by atoms with Crippen molar-refractivity contribution in [3.05, 3.63) is 92.9 Å². The van der Waals surface area contributed by atoms with Crippen molar-refractivity contribution < 1.29 is 0 Å². The van der Waals surface area contributed by atoms with Gasteiger partial charge in [-0.25, -0.2) is 4.98 Å². The number of aromatic amines is 1. The Labute approximate surface area is 137 Å². The summed E-state index contributed by atoms with van der Waals surface area (Å²) >= 11 is 8.71. The maximum Gasteiger partial charge on any atom is 0.120 e. The summed E-state index contributed by atoms with van der Waals surface area (Å²) in [5.74, 6) is 0.891. The lowest BCUT2D eigenvalue weighted by Gasteiger charge is -2.17. The van der Waals surface area contributed by atoms with Crippen molar-refractivity contribution in [2.45, 2.75) is 5.92 Å². The molecule has 0 aliphatic rings. The van der Waals surface area contributed by atoms with Gasteiger partial charge in [-0.15, -0.1) is 0 Å². The first-order chi connectivity index (χ1) is 10.3. The molecule has 2 aromatic carbocycles. The molecule has 0 saturated carbocycles. The summed E-state index contributed by atoms with van der Waals surface area (Å²) in [5, 5.41) is 0. The Morgan fingerprint density at radius 3 is 1.90 bits per heavy atom. The number of nitrogens with one attached hydrogen (secondary N) is 1. The summed E-state index contributed by atoms with van der Waals surface area (Å²) in [6.45, 7) is 0. The van der Waals surface area contributed by atoms with Gasteiger partial charge in [0.1, 0.15) is 10.5 Å². The predicted molar refractivity (Wildman–Crippen MR) is 91.0 cm³/mol. The highest BCUT2D eigenvalue weighted by molar-refractivity contribution is 9.10. The van der Waals surface area contributed by atoms with Crippen molar-refractivity contribution in [2.24, 2.45) is 0 Å². The third kappa shape index (κ3) is 3.12. The van der Waals surface area contributed by atoms with Gasteiger partial charge < -0.3 is 4.98 Å². The van der Waals surface area contributed by atoms with Gasteiger partial charge in [-0.2, -0.15) is 0 Å². The number of rotatable bonds is 3. The topological polar surface area (TPSA) is 28.7 Å². The lowest BCUT2D eigenvalue weighted by atomic mass is 9.90. The average Bonchev–Trinajstić information content (AvgIpc) is 2.53. The van der Waals surface area contributed by atoms with Crippen LogP contribution >= 0.6 is 28.1 Å². The number of nitrogens with zero attached hydrogens (tertiary/aromatic N) is 1. The molecule has 0 amide bonds. The van der Waals surface area contributed by atoms with E-state index in [2.05, 4.69) is 50.2 Å². The van der Waals surface area contributed by atoms with E-state index in [1.807, 2.05) is 36.4 Å². The molecule has 0 spiro atoms. The minimum Gasteiger partial charge on any atom is -0.333 e. The predicted octanol–water partition coefficient (Wildman–Crippen LogP) is 5.08. The van der Waals surface area contributed by atoms with Gasteiger partial charge in [-0.1, -0.05) is 72.9 Å². The molecule has 0 atom stereocenters. The van der Waals surface area contributed by atoms with Crippen LogP contribution in [0.4, 0.5) is 0 Å². The third-order valence-corrected chi connectivity index (χ3v) is 4.50. The van der Waals surface area contributed by atoms with E-state index in [-0.39, 0.29) is 5.92 Å². The minimum absolute atomic E-state index is 0.0437. The summed E-state index contributed by atoms with van der Waals surface area (Å²) in [6.07, 6.45) is 1.76. The molecule has 0 bridgehead atoms. The zero-order valence-electron chi connectivity index (χ0n) is 11.2. The molecule has 4 heteroatoms. The Morgan fingerprint density at radius 2 is 1.43 bits per heavy atom. The fourth-order valence-electron chi connectivity index (χ4n) is 2.34. The molecule has 1 heterocycles. The second-order valence-corrected chi connectivity index (χ2v) is 5.96. The fourth-order valence-corrected chi connectivity index (χ4v) is 2.70. The van der Waals surface area contributed by atoms with Crippen LogP contribution in [0.3, 0.4) is 0 Å². The van der Waals surface area contributed by atoms with Crippen LogP contribution in [0.2, 0.25) is 0 Å². The van der Waals surface area contributed by atoms with Gasteiger partial charge in [0.2, 0.25) is 0 Å². The largest absolute Gasteiger partial charge is 0.333 e. The normalized spacial score (nSPS) is 10.8.